The Bertz CT molecular complexity index is 2980. The summed E-state index contributed by atoms with van der Waals surface area (Å²) in [4.78, 5) is 55.1. The number of aromatic nitrogens is 3. The monoisotopic (exact) mass is 963 g/mol. The second-order valence-electron chi connectivity index (χ2n) is 16.0. The summed E-state index contributed by atoms with van der Waals surface area (Å²) in [6, 6.07) is 58.2. The van der Waals surface area contributed by atoms with Crippen LogP contribution in [0.3, 0.4) is 0 Å². The lowest BCUT2D eigenvalue weighted by Gasteiger charge is -2.49. The number of carboxylic acid groups (broad SMARTS) is 1. The first-order valence-electron chi connectivity index (χ1n) is 21.9. The summed E-state index contributed by atoms with van der Waals surface area (Å²) in [5.41, 5.74) is 3.65. The van der Waals surface area contributed by atoms with Crippen LogP contribution in [-0.2, 0) is 30.4 Å². The Balaban J connectivity index is 1.07. The second kappa shape index (κ2) is 19.7. The van der Waals surface area contributed by atoms with Crippen LogP contribution in [0.2, 0.25) is 0 Å². The number of nitrogens with one attached hydrogen (secondary N) is 2. The van der Waals surface area contributed by atoms with E-state index in [0.29, 0.717) is 16.4 Å². The number of nitrogens with zero attached hydrogens (tertiary/aromatic N) is 5. The molecule has 0 spiro atoms. The molecule has 2 aromatic heterocycles. The standard InChI is InChI=1S/C54H41N7O5S3/c62-48(56-46-49(63)61-47(51(64)65)36(33-67-50(46)61)31-32-43-34-69-60-58-43)45(59-66-54(40-25-13-4-14-26-40,41-27-15-5-16-28-41)42-29-17-6-18-30-42)44-35-68-52(55-44)57-53(37-19-7-1-8-20-37,38-21-9-2-10-22-38)39-23-11-3-12-24-39/h1-32,34-35,46,50H,33H2,(H,55,57)(H,56,62)(H,64,65)/t46?,50-/m0/s1. The number of amides is 2. The first-order valence-corrected chi connectivity index (χ1v) is 24.6. The van der Waals surface area contributed by atoms with Gasteiger partial charge in [-0.05, 0) is 39.9 Å². The fraction of sp³-hybridized carbons (Fsp3) is 0.0926. The number of carbonyl (C=O) groups excluding carboxylic acids is 2. The number of allylic oxidation sites excluding steroid dienone is 1. The van der Waals surface area contributed by atoms with Gasteiger partial charge in [-0.15, -0.1) is 28.2 Å². The smallest absolute Gasteiger partial charge is 0.352 e. The van der Waals surface area contributed by atoms with Gasteiger partial charge in [0.05, 0.1) is 5.69 Å². The molecule has 12 nitrogen and oxygen atoms in total. The number of benzene rings is 6. The maximum atomic E-state index is 15.1. The van der Waals surface area contributed by atoms with Crippen molar-refractivity contribution in [2.75, 3.05) is 11.1 Å². The van der Waals surface area contributed by atoms with Crippen LogP contribution in [0.5, 0.6) is 0 Å². The van der Waals surface area contributed by atoms with E-state index in [2.05, 4.69) is 56.6 Å². The lowest BCUT2D eigenvalue weighted by atomic mass is 9.77. The fourth-order valence-corrected chi connectivity index (χ4v) is 11.3. The number of hydrogen-bond donors (Lipinski definition) is 3. The molecule has 69 heavy (non-hydrogen) atoms. The molecule has 2 aliphatic rings. The largest absolute Gasteiger partial charge is 0.477 e. The molecule has 2 aliphatic heterocycles. The summed E-state index contributed by atoms with van der Waals surface area (Å²) >= 11 is 3.81. The Hall–Kier alpha value is -7.98. The molecule has 0 bridgehead atoms. The van der Waals surface area contributed by atoms with Crippen molar-refractivity contribution in [2.24, 2.45) is 5.16 Å². The molecule has 8 aromatic rings. The molecular formula is C54H41N7O5S3. The van der Waals surface area contributed by atoms with E-state index < -0.39 is 40.3 Å². The van der Waals surface area contributed by atoms with Crippen molar-refractivity contribution >= 4 is 69.3 Å². The summed E-state index contributed by atoms with van der Waals surface area (Å²) in [7, 11) is 0. The molecule has 0 radical (unpaired) electrons. The number of aliphatic carboxylic acids is 1. The van der Waals surface area contributed by atoms with E-state index in [9.17, 15) is 14.7 Å². The Kier molecular flexibility index (Phi) is 12.8. The van der Waals surface area contributed by atoms with Crippen molar-refractivity contribution in [3.05, 3.63) is 255 Å². The van der Waals surface area contributed by atoms with Gasteiger partial charge in [-0.2, -0.15) is 0 Å². The van der Waals surface area contributed by atoms with E-state index in [1.807, 2.05) is 146 Å². The highest BCUT2D eigenvalue weighted by molar-refractivity contribution is 8.00. The lowest BCUT2D eigenvalue weighted by molar-refractivity contribution is -0.150. The average molecular weight is 964 g/mol. The molecule has 3 N–H and O–H groups in total. The van der Waals surface area contributed by atoms with Crippen LogP contribution in [0.4, 0.5) is 5.13 Å². The van der Waals surface area contributed by atoms with Crippen molar-refractivity contribution in [2.45, 2.75) is 22.6 Å². The second-order valence-corrected chi connectivity index (χ2v) is 18.6. The molecule has 340 valence electrons. The zero-order valence-electron chi connectivity index (χ0n) is 36.5. The number of hydrogen-bond acceptors (Lipinski definition) is 12. The van der Waals surface area contributed by atoms with E-state index in [0.717, 1.165) is 33.4 Å². The van der Waals surface area contributed by atoms with Gasteiger partial charge in [0.2, 0.25) is 5.60 Å². The minimum atomic E-state index is -1.36. The number of fused-ring (bicyclic) bond motifs is 1. The first-order chi connectivity index (χ1) is 33.9. The predicted molar refractivity (Wildman–Crippen MR) is 270 cm³/mol. The number of thiazole rings is 1. The van der Waals surface area contributed by atoms with Crippen molar-refractivity contribution < 1.29 is 24.3 Å². The molecular weight excluding hydrogens is 923 g/mol. The number of anilines is 1. The van der Waals surface area contributed by atoms with Gasteiger partial charge in [0.15, 0.2) is 10.8 Å². The summed E-state index contributed by atoms with van der Waals surface area (Å²) in [6.07, 6.45) is 3.30. The molecule has 2 amide bonds. The normalized spacial score (nSPS) is 16.1. The number of carboxylic acids is 1. The Morgan fingerprint density at radius 3 is 1.65 bits per heavy atom. The Morgan fingerprint density at radius 1 is 0.696 bits per heavy atom. The van der Waals surface area contributed by atoms with Crippen LogP contribution in [-0.4, -0.2) is 65.2 Å². The number of oxime groups is 1. The van der Waals surface area contributed by atoms with Gasteiger partial charge in [0.1, 0.15) is 28.3 Å². The average Bonchev–Trinajstić information content (AvgIpc) is 4.12. The fourth-order valence-electron chi connectivity index (χ4n) is 8.79. The molecule has 10 rings (SSSR count). The Labute approximate surface area is 409 Å². The van der Waals surface area contributed by atoms with Gasteiger partial charge in [0.25, 0.3) is 11.8 Å². The third kappa shape index (κ3) is 8.63. The molecule has 2 atom stereocenters. The van der Waals surface area contributed by atoms with Crippen LogP contribution >= 0.6 is 34.6 Å². The van der Waals surface area contributed by atoms with E-state index >= 15 is 4.79 Å². The zero-order chi connectivity index (χ0) is 47.2. The summed E-state index contributed by atoms with van der Waals surface area (Å²) in [5, 5.41) is 29.1. The first kappa shape index (κ1) is 44.8. The van der Waals surface area contributed by atoms with E-state index in [-0.39, 0.29) is 22.9 Å². The lowest BCUT2D eigenvalue weighted by Crippen LogP contribution is -2.71. The number of thioether (sulfide) groups is 1. The van der Waals surface area contributed by atoms with E-state index in [1.165, 1.54) is 39.5 Å². The molecule has 0 aliphatic carbocycles. The molecule has 0 saturated carbocycles. The molecule has 4 heterocycles. The molecule has 15 heteroatoms. The molecule has 6 aromatic carbocycles. The highest BCUT2D eigenvalue weighted by atomic mass is 32.2. The van der Waals surface area contributed by atoms with Gasteiger partial charge in [0, 0.05) is 33.2 Å². The van der Waals surface area contributed by atoms with Crippen LogP contribution in [0.25, 0.3) is 6.08 Å². The quantitative estimate of drug-likeness (QED) is 0.0369. The molecule has 1 saturated heterocycles. The summed E-state index contributed by atoms with van der Waals surface area (Å²) < 4.78 is 3.86. The van der Waals surface area contributed by atoms with E-state index in [4.69, 9.17) is 15.0 Å². The summed E-state index contributed by atoms with van der Waals surface area (Å²) in [5.74, 6) is -2.31. The minimum absolute atomic E-state index is 0.154. The van der Waals surface area contributed by atoms with Crippen molar-refractivity contribution in [3.63, 3.8) is 0 Å². The van der Waals surface area contributed by atoms with Gasteiger partial charge in [-0.25, -0.2) is 9.78 Å². The van der Waals surface area contributed by atoms with Crippen molar-refractivity contribution in [3.8, 4) is 0 Å². The van der Waals surface area contributed by atoms with Gasteiger partial charge in [-0.1, -0.05) is 198 Å². The number of carbonyl (C=O) groups is 3. The zero-order valence-corrected chi connectivity index (χ0v) is 39.0. The topological polar surface area (TPSA) is 159 Å². The van der Waals surface area contributed by atoms with Gasteiger partial charge >= 0.3 is 5.97 Å². The van der Waals surface area contributed by atoms with Crippen LogP contribution in [0.15, 0.2) is 215 Å². The van der Waals surface area contributed by atoms with Gasteiger partial charge in [-0.3, -0.25) is 14.5 Å². The predicted octanol–water partition coefficient (Wildman–Crippen LogP) is 9.56. The highest BCUT2D eigenvalue weighted by Crippen LogP contribution is 2.44. The summed E-state index contributed by atoms with van der Waals surface area (Å²) in [6.45, 7) is 0. The van der Waals surface area contributed by atoms with Gasteiger partial charge < -0.3 is 20.6 Å². The number of β-lactam (4-membered cyclic amide) rings is 1. The maximum Gasteiger partial charge on any atom is 0.352 e. The van der Waals surface area contributed by atoms with Crippen LogP contribution in [0, 0.1) is 0 Å². The Morgan fingerprint density at radius 2 is 1.19 bits per heavy atom. The van der Waals surface area contributed by atoms with E-state index in [1.54, 1.807) is 22.9 Å². The van der Waals surface area contributed by atoms with Crippen molar-refractivity contribution in [1.82, 2.24) is 24.8 Å². The molecule has 1 fully saturated rings. The van der Waals surface area contributed by atoms with Crippen LogP contribution in [0.1, 0.15) is 44.8 Å². The minimum Gasteiger partial charge on any atom is -0.477 e. The van der Waals surface area contributed by atoms with Crippen LogP contribution < -0.4 is 10.6 Å². The SMILES string of the molecule is O=C(O)C1=C(C=Cc2csnn2)CS[C@H]2C(NC(=O)C(=NOC(c3ccccc3)(c3ccccc3)c3ccccc3)c3csc(NC(c4ccccc4)(c4ccccc4)c4ccccc4)n3)C(=O)N12. The maximum absolute atomic E-state index is 15.1. The highest BCUT2D eigenvalue weighted by Gasteiger charge is 2.54. The number of rotatable bonds is 16. The molecule has 1 unspecified atom stereocenters. The van der Waals surface area contributed by atoms with Crippen molar-refractivity contribution in [1.29, 1.82) is 0 Å². The third-order valence-electron chi connectivity index (χ3n) is 12.0. The third-order valence-corrected chi connectivity index (χ3v) is 14.6.